The Morgan fingerprint density at radius 3 is 2.72 bits per heavy atom. The molecule has 1 aliphatic rings. The Labute approximate surface area is 147 Å². The fraction of sp³-hybridized carbons (Fsp3) is 0.500. The minimum Gasteiger partial charge on any atom is -0.494 e. The van der Waals surface area contributed by atoms with Crippen LogP contribution in [0.25, 0.3) is 11.4 Å². The van der Waals surface area contributed by atoms with Crippen molar-refractivity contribution in [2.75, 3.05) is 6.61 Å². The lowest BCUT2D eigenvalue weighted by molar-refractivity contribution is 0.230. The van der Waals surface area contributed by atoms with E-state index in [2.05, 4.69) is 20.8 Å². The Bertz CT molecular complexity index is 678. The van der Waals surface area contributed by atoms with Gasteiger partial charge in [0.05, 0.1) is 13.2 Å². The van der Waals surface area contributed by atoms with E-state index < -0.39 is 0 Å². The van der Waals surface area contributed by atoms with E-state index in [4.69, 9.17) is 9.26 Å². The lowest BCUT2D eigenvalue weighted by Gasteiger charge is -2.22. The average Bonchev–Trinajstić information content (AvgIpc) is 3.11. The molecule has 0 spiro atoms. The van der Waals surface area contributed by atoms with Crippen LogP contribution in [-0.4, -0.2) is 28.8 Å². The first-order valence-corrected chi connectivity index (χ1v) is 8.85. The molecule has 0 aliphatic heterocycles. The van der Waals surface area contributed by atoms with Gasteiger partial charge in [-0.05, 0) is 44.0 Å². The lowest BCUT2D eigenvalue weighted by Crippen LogP contribution is -2.42. The third-order valence-electron chi connectivity index (χ3n) is 4.23. The maximum Gasteiger partial charge on any atom is 0.315 e. The van der Waals surface area contributed by atoms with E-state index in [1.165, 1.54) is 19.3 Å². The molecule has 25 heavy (non-hydrogen) atoms. The first-order valence-electron chi connectivity index (χ1n) is 8.85. The number of carbonyl (C=O) groups excluding carboxylic acids is 1. The van der Waals surface area contributed by atoms with Crippen LogP contribution in [0.5, 0.6) is 5.75 Å². The number of carbonyl (C=O) groups is 1. The molecule has 1 aromatic carbocycles. The highest BCUT2D eigenvalue weighted by molar-refractivity contribution is 5.74. The van der Waals surface area contributed by atoms with Crippen LogP contribution in [0, 0.1) is 0 Å². The Kier molecular flexibility index (Phi) is 5.87. The third kappa shape index (κ3) is 4.95. The number of urea groups is 1. The molecule has 2 amide bonds. The molecular formula is C18H24N4O3. The van der Waals surface area contributed by atoms with Crippen molar-refractivity contribution < 1.29 is 14.1 Å². The predicted molar refractivity (Wildman–Crippen MR) is 93.1 cm³/mol. The molecule has 0 unspecified atom stereocenters. The number of benzene rings is 1. The van der Waals surface area contributed by atoms with Crippen molar-refractivity contribution in [3.8, 4) is 17.1 Å². The van der Waals surface area contributed by atoms with Crippen molar-refractivity contribution in [2.24, 2.45) is 0 Å². The van der Waals surface area contributed by atoms with Crippen LogP contribution in [-0.2, 0) is 6.54 Å². The van der Waals surface area contributed by atoms with Crippen LogP contribution in [0.15, 0.2) is 28.8 Å². The number of nitrogens with zero attached hydrogens (tertiary/aromatic N) is 2. The molecule has 0 radical (unpaired) electrons. The van der Waals surface area contributed by atoms with Gasteiger partial charge in [0.1, 0.15) is 5.75 Å². The highest BCUT2D eigenvalue weighted by Gasteiger charge is 2.16. The van der Waals surface area contributed by atoms with E-state index in [9.17, 15) is 4.79 Å². The second kappa shape index (κ2) is 8.50. The molecular weight excluding hydrogens is 320 g/mol. The zero-order valence-corrected chi connectivity index (χ0v) is 14.5. The van der Waals surface area contributed by atoms with Gasteiger partial charge < -0.3 is 19.9 Å². The van der Waals surface area contributed by atoms with E-state index in [1.54, 1.807) is 0 Å². The number of ether oxygens (including phenoxy) is 1. The van der Waals surface area contributed by atoms with Crippen LogP contribution >= 0.6 is 0 Å². The second-order valence-corrected chi connectivity index (χ2v) is 6.13. The van der Waals surface area contributed by atoms with Gasteiger partial charge in [0.15, 0.2) is 0 Å². The number of amides is 2. The van der Waals surface area contributed by atoms with E-state index in [1.807, 2.05) is 31.2 Å². The Morgan fingerprint density at radius 1 is 1.24 bits per heavy atom. The molecule has 134 valence electrons. The van der Waals surface area contributed by atoms with Gasteiger partial charge in [-0.15, -0.1) is 0 Å². The van der Waals surface area contributed by atoms with E-state index in [0.29, 0.717) is 18.3 Å². The summed E-state index contributed by atoms with van der Waals surface area (Å²) in [6.07, 6.45) is 5.72. The number of rotatable bonds is 6. The van der Waals surface area contributed by atoms with Gasteiger partial charge in [0, 0.05) is 11.6 Å². The summed E-state index contributed by atoms with van der Waals surface area (Å²) < 4.78 is 10.6. The van der Waals surface area contributed by atoms with Gasteiger partial charge in [-0.25, -0.2) is 4.79 Å². The second-order valence-electron chi connectivity index (χ2n) is 6.13. The maximum absolute atomic E-state index is 11.9. The van der Waals surface area contributed by atoms with E-state index >= 15 is 0 Å². The molecule has 1 saturated carbocycles. The van der Waals surface area contributed by atoms with Gasteiger partial charge in [-0.1, -0.05) is 24.4 Å². The maximum atomic E-state index is 11.9. The lowest BCUT2D eigenvalue weighted by atomic mass is 9.96. The highest BCUT2D eigenvalue weighted by Crippen LogP contribution is 2.20. The molecule has 2 N–H and O–H groups in total. The normalized spacial score (nSPS) is 14.9. The van der Waals surface area contributed by atoms with Crippen molar-refractivity contribution in [2.45, 2.75) is 51.6 Å². The quantitative estimate of drug-likeness (QED) is 0.839. The zero-order valence-electron chi connectivity index (χ0n) is 14.5. The van der Waals surface area contributed by atoms with Crippen LogP contribution in [0.2, 0.25) is 0 Å². The topological polar surface area (TPSA) is 89.3 Å². The molecule has 1 heterocycles. The third-order valence-corrected chi connectivity index (χ3v) is 4.23. The summed E-state index contributed by atoms with van der Waals surface area (Å²) >= 11 is 0. The molecule has 3 rings (SSSR count). The Morgan fingerprint density at radius 2 is 2.00 bits per heavy atom. The molecule has 1 aromatic heterocycles. The van der Waals surface area contributed by atoms with Gasteiger partial charge in [-0.2, -0.15) is 4.98 Å². The molecule has 2 aromatic rings. The minimum atomic E-state index is -0.187. The van der Waals surface area contributed by atoms with E-state index in [0.717, 1.165) is 24.2 Å². The Balaban J connectivity index is 1.50. The molecule has 1 fully saturated rings. The highest BCUT2D eigenvalue weighted by atomic mass is 16.5. The van der Waals surface area contributed by atoms with Crippen LogP contribution in [0.1, 0.15) is 44.9 Å². The zero-order chi connectivity index (χ0) is 17.5. The summed E-state index contributed by atoms with van der Waals surface area (Å²) in [4.78, 5) is 16.2. The largest absolute Gasteiger partial charge is 0.494 e. The van der Waals surface area contributed by atoms with Crippen LogP contribution in [0.4, 0.5) is 4.79 Å². The number of hydrogen-bond acceptors (Lipinski definition) is 5. The van der Waals surface area contributed by atoms with Crippen molar-refractivity contribution >= 4 is 6.03 Å². The Hall–Kier alpha value is -2.57. The van der Waals surface area contributed by atoms with Gasteiger partial charge >= 0.3 is 6.03 Å². The first kappa shape index (κ1) is 17.3. The summed E-state index contributed by atoms with van der Waals surface area (Å²) in [5.74, 6) is 1.67. The monoisotopic (exact) mass is 344 g/mol. The van der Waals surface area contributed by atoms with Crippen LogP contribution in [0.3, 0.4) is 0 Å². The van der Waals surface area contributed by atoms with Crippen molar-refractivity contribution in [1.29, 1.82) is 0 Å². The van der Waals surface area contributed by atoms with Gasteiger partial charge in [-0.3, -0.25) is 0 Å². The summed E-state index contributed by atoms with van der Waals surface area (Å²) in [5.41, 5.74) is 0.838. The molecule has 0 bridgehead atoms. The van der Waals surface area contributed by atoms with Crippen molar-refractivity contribution in [1.82, 2.24) is 20.8 Å². The average molecular weight is 344 g/mol. The van der Waals surface area contributed by atoms with Gasteiger partial charge in [0.2, 0.25) is 11.7 Å². The molecule has 0 saturated heterocycles. The summed E-state index contributed by atoms with van der Waals surface area (Å²) in [6.45, 7) is 2.78. The number of nitrogens with one attached hydrogen (secondary N) is 2. The molecule has 7 heteroatoms. The van der Waals surface area contributed by atoms with Crippen LogP contribution < -0.4 is 15.4 Å². The molecule has 1 aliphatic carbocycles. The van der Waals surface area contributed by atoms with Gasteiger partial charge in [0.25, 0.3) is 0 Å². The number of hydrogen-bond donors (Lipinski definition) is 2. The smallest absolute Gasteiger partial charge is 0.315 e. The minimum absolute atomic E-state index is 0.187. The van der Waals surface area contributed by atoms with E-state index in [-0.39, 0.29) is 18.6 Å². The van der Waals surface area contributed by atoms with Crippen molar-refractivity contribution in [3.05, 3.63) is 30.2 Å². The number of aromatic nitrogens is 2. The predicted octanol–water partition coefficient (Wildman–Crippen LogP) is 3.27. The first-order chi connectivity index (χ1) is 12.2. The molecule has 0 atom stereocenters. The summed E-state index contributed by atoms with van der Waals surface area (Å²) in [5, 5.41) is 9.72. The summed E-state index contributed by atoms with van der Waals surface area (Å²) in [6, 6.07) is 7.57. The standard InChI is InChI=1S/C18H24N4O3/c1-2-24-15-10-8-13(9-11-15)17-21-16(25-22-17)12-19-18(23)20-14-6-4-3-5-7-14/h8-11,14H,2-7,12H2,1H3,(H2,19,20,23). The molecule has 7 nitrogen and oxygen atoms in total. The summed E-state index contributed by atoms with van der Waals surface area (Å²) in [7, 11) is 0. The fourth-order valence-corrected chi connectivity index (χ4v) is 2.95. The van der Waals surface area contributed by atoms with Crippen molar-refractivity contribution in [3.63, 3.8) is 0 Å². The fourth-order valence-electron chi connectivity index (χ4n) is 2.95. The SMILES string of the molecule is CCOc1ccc(-c2noc(CNC(=O)NC3CCCCC3)n2)cc1.